The van der Waals surface area contributed by atoms with E-state index in [-0.39, 0.29) is 5.56 Å². The number of anilines is 4. The molecular formula is C39H37N5O5. The molecule has 8 rings (SSSR count). The van der Waals surface area contributed by atoms with E-state index in [0.717, 1.165) is 72.2 Å². The minimum Gasteiger partial charge on any atom is -0.490 e. The van der Waals surface area contributed by atoms with E-state index in [2.05, 4.69) is 25.6 Å². The van der Waals surface area contributed by atoms with Crippen LogP contribution in [0.5, 0.6) is 5.75 Å². The molecule has 0 aliphatic heterocycles. The van der Waals surface area contributed by atoms with Gasteiger partial charge in [0.25, 0.3) is 0 Å². The molecule has 0 bridgehead atoms. The molecule has 3 fully saturated rings. The van der Waals surface area contributed by atoms with Crippen molar-refractivity contribution in [3.63, 3.8) is 0 Å². The van der Waals surface area contributed by atoms with Crippen LogP contribution in [0.3, 0.4) is 0 Å². The molecule has 2 aromatic heterocycles. The van der Waals surface area contributed by atoms with Gasteiger partial charge in [-0.2, -0.15) is 0 Å². The van der Waals surface area contributed by atoms with Gasteiger partial charge in [-0.3, -0.25) is 4.98 Å². The van der Waals surface area contributed by atoms with Crippen LogP contribution in [0.15, 0.2) is 91.5 Å². The lowest BCUT2D eigenvalue weighted by atomic mass is 10.0. The average molecular weight is 656 g/mol. The summed E-state index contributed by atoms with van der Waals surface area (Å²) in [5.41, 5.74) is 7.29. The number of carboxylic acids is 2. The SMILES string of the molecule is Cc1cncc(Nc2ccc(C3CC3)cc2C(=O)O)c1.O=C(O)c1cc(C2CC2)ccc1Nc1cnc(-c2cccc(OC3CC3)c2)nc1. The summed E-state index contributed by atoms with van der Waals surface area (Å²) in [6, 6.07) is 20.9. The van der Waals surface area contributed by atoms with Crippen molar-refractivity contribution < 1.29 is 24.5 Å². The number of aromatic carboxylic acids is 2. The highest BCUT2D eigenvalue weighted by molar-refractivity contribution is 5.96. The van der Waals surface area contributed by atoms with Crippen molar-refractivity contribution in [1.82, 2.24) is 15.0 Å². The third-order valence-corrected chi connectivity index (χ3v) is 8.65. The monoisotopic (exact) mass is 655 g/mol. The zero-order chi connectivity index (χ0) is 33.9. The van der Waals surface area contributed by atoms with Gasteiger partial charge in [-0.25, -0.2) is 19.6 Å². The summed E-state index contributed by atoms with van der Waals surface area (Å²) >= 11 is 0. The lowest BCUT2D eigenvalue weighted by Gasteiger charge is -2.11. The molecule has 0 saturated heterocycles. The number of ether oxygens (including phenoxy) is 1. The lowest BCUT2D eigenvalue weighted by Crippen LogP contribution is -2.04. The van der Waals surface area contributed by atoms with E-state index in [1.54, 1.807) is 36.9 Å². The Morgan fingerprint density at radius 3 is 1.82 bits per heavy atom. The minimum atomic E-state index is -0.944. The second kappa shape index (κ2) is 13.8. The summed E-state index contributed by atoms with van der Waals surface area (Å²) < 4.78 is 5.83. The van der Waals surface area contributed by atoms with Crippen molar-refractivity contribution >= 4 is 34.7 Å². The number of carboxylic acid groups (broad SMARTS) is 2. The Bertz CT molecular complexity index is 2000. The van der Waals surface area contributed by atoms with Crippen LogP contribution in [0.2, 0.25) is 0 Å². The molecule has 3 aliphatic carbocycles. The molecular weight excluding hydrogens is 618 g/mol. The van der Waals surface area contributed by atoms with Gasteiger partial charge in [-0.1, -0.05) is 24.3 Å². The molecule has 2 heterocycles. The van der Waals surface area contributed by atoms with Crippen molar-refractivity contribution in [3.05, 3.63) is 119 Å². The number of rotatable bonds is 11. The van der Waals surface area contributed by atoms with Crippen LogP contribution in [-0.4, -0.2) is 43.2 Å². The minimum absolute atomic E-state index is 0.267. The van der Waals surface area contributed by atoms with Crippen LogP contribution < -0.4 is 15.4 Å². The molecule has 3 aromatic carbocycles. The Morgan fingerprint density at radius 2 is 1.29 bits per heavy atom. The Kier molecular flexibility index (Phi) is 8.93. The van der Waals surface area contributed by atoms with Gasteiger partial charge >= 0.3 is 11.9 Å². The third kappa shape index (κ3) is 8.21. The first-order valence-electron chi connectivity index (χ1n) is 16.6. The van der Waals surface area contributed by atoms with Gasteiger partial charge in [-0.05, 0) is 116 Å². The van der Waals surface area contributed by atoms with Crippen molar-refractivity contribution in [2.75, 3.05) is 10.6 Å². The van der Waals surface area contributed by atoms with Crippen LogP contribution >= 0.6 is 0 Å². The van der Waals surface area contributed by atoms with E-state index in [4.69, 9.17) is 4.74 Å². The number of pyridine rings is 1. The molecule has 10 heteroatoms. The summed E-state index contributed by atoms with van der Waals surface area (Å²) in [5, 5.41) is 25.2. The van der Waals surface area contributed by atoms with E-state index < -0.39 is 11.9 Å². The maximum atomic E-state index is 11.7. The maximum Gasteiger partial charge on any atom is 0.337 e. The van der Waals surface area contributed by atoms with Crippen LogP contribution in [0.4, 0.5) is 22.7 Å². The quantitative estimate of drug-likeness (QED) is 0.109. The topological polar surface area (TPSA) is 147 Å². The Balaban J connectivity index is 0.000000166. The number of hydrogen-bond acceptors (Lipinski definition) is 8. The van der Waals surface area contributed by atoms with Crippen LogP contribution in [0.25, 0.3) is 11.4 Å². The molecule has 3 aliphatic rings. The average Bonchev–Trinajstić information content (AvgIpc) is 3.94. The van der Waals surface area contributed by atoms with Gasteiger partial charge in [0.1, 0.15) is 5.75 Å². The van der Waals surface area contributed by atoms with E-state index in [1.165, 1.54) is 0 Å². The fraction of sp³-hybridized carbons (Fsp3) is 0.256. The van der Waals surface area contributed by atoms with Gasteiger partial charge in [0.05, 0.1) is 58.6 Å². The highest BCUT2D eigenvalue weighted by Crippen LogP contribution is 2.42. The Hall–Kier alpha value is -5.77. The Morgan fingerprint density at radius 1 is 0.694 bits per heavy atom. The highest BCUT2D eigenvalue weighted by Gasteiger charge is 2.26. The molecule has 0 amide bonds. The molecule has 3 saturated carbocycles. The first-order valence-corrected chi connectivity index (χ1v) is 16.6. The summed E-state index contributed by atoms with van der Waals surface area (Å²) in [6.45, 7) is 1.95. The van der Waals surface area contributed by atoms with E-state index >= 15 is 0 Å². The van der Waals surface area contributed by atoms with Gasteiger partial charge < -0.3 is 25.6 Å². The number of nitrogens with one attached hydrogen (secondary N) is 2. The standard InChI is InChI=1S/C23H21N3O3.C16H16N2O2/c27-23(28)20-11-15(14-4-5-14)6-9-21(20)26-17-12-24-22(25-13-17)16-2-1-3-19(10-16)29-18-7-8-18;1-10-6-13(9-17-8-10)18-15-5-4-12(11-2-3-11)7-14(15)16(19)20/h1-3,6,9-14,18,26H,4-5,7-8H2,(H,27,28);4-9,11,18H,2-3H2,1H3,(H,19,20). The first-order chi connectivity index (χ1) is 23.8. The molecule has 5 aromatic rings. The number of aromatic nitrogens is 3. The van der Waals surface area contributed by atoms with Crippen LogP contribution in [0, 0.1) is 6.92 Å². The Labute approximate surface area is 284 Å². The van der Waals surface area contributed by atoms with Crippen molar-refractivity contribution in [3.8, 4) is 17.1 Å². The predicted octanol–water partition coefficient (Wildman–Crippen LogP) is 8.71. The van der Waals surface area contributed by atoms with Gasteiger partial charge in [0.15, 0.2) is 5.82 Å². The molecule has 0 spiro atoms. The zero-order valence-corrected chi connectivity index (χ0v) is 27.1. The van der Waals surface area contributed by atoms with Crippen LogP contribution in [0.1, 0.15) is 87.8 Å². The van der Waals surface area contributed by atoms with Gasteiger partial charge in [-0.15, -0.1) is 0 Å². The zero-order valence-electron chi connectivity index (χ0n) is 27.1. The number of aryl methyl sites for hydroxylation is 1. The number of hydrogen-bond donors (Lipinski definition) is 4. The molecule has 49 heavy (non-hydrogen) atoms. The van der Waals surface area contributed by atoms with E-state index in [9.17, 15) is 19.8 Å². The van der Waals surface area contributed by atoms with Crippen molar-refractivity contribution in [2.45, 2.75) is 63.4 Å². The predicted molar refractivity (Wildman–Crippen MR) is 187 cm³/mol. The fourth-order valence-corrected chi connectivity index (χ4v) is 5.60. The highest BCUT2D eigenvalue weighted by atomic mass is 16.5. The largest absolute Gasteiger partial charge is 0.490 e. The summed E-state index contributed by atoms with van der Waals surface area (Å²) in [5.74, 6) is 0.625. The molecule has 248 valence electrons. The molecule has 10 nitrogen and oxygen atoms in total. The summed E-state index contributed by atoms with van der Waals surface area (Å²) in [6.07, 6.45) is 13.9. The molecule has 0 radical (unpaired) electrons. The fourth-order valence-electron chi connectivity index (χ4n) is 5.60. The van der Waals surface area contributed by atoms with Crippen molar-refractivity contribution in [1.29, 1.82) is 0 Å². The second-order valence-electron chi connectivity index (χ2n) is 12.9. The second-order valence-corrected chi connectivity index (χ2v) is 12.9. The smallest absolute Gasteiger partial charge is 0.337 e. The normalized spacial score (nSPS) is 15.0. The van der Waals surface area contributed by atoms with Gasteiger partial charge in [0, 0.05) is 11.8 Å². The van der Waals surface area contributed by atoms with Crippen molar-refractivity contribution in [2.24, 2.45) is 0 Å². The third-order valence-electron chi connectivity index (χ3n) is 8.65. The van der Waals surface area contributed by atoms with Crippen LogP contribution in [-0.2, 0) is 0 Å². The number of nitrogens with zero attached hydrogens (tertiary/aromatic N) is 3. The van der Waals surface area contributed by atoms with E-state index in [1.807, 2.05) is 61.5 Å². The molecule has 0 unspecified atom stereocenters. The summed E-state index contributed by atoms with van der Waals surface area (Å²) in [4.78, 5) is 36.1. The maximum absolute atomic E-state index is 11.7. The van der Waals surface area contributed by atoms with E-state index in [0.29, 0.717) is 46.4 Å². The summed E-state index contributed by atoms with van der Waals surface area (Å²) in [7, 11) is 0. The molecule has 4 N–H and O–H groups in total. The first kappa shape index (κ1) is 31.8. The lowest BCUT2D eigenvalue weighted by molar-refractivity contribution is 0.0687. The number of benzene rings is 3. The van der Waals surface area contributed by atoms with Gasteiger partial charge in [0.2, 0.25) is 0 Å². The molecule has 0 atom stereocenters. The number of carbonyl (C=O) groups is 2.